The molecule has 0 spiro atoms. The molecule has 1 heterocycles. The molecule has 0 aliphatic heterocycles. The average molecular weight is 447 g/mol. The number of aliphatic hydroxyl groups is 1. The molecule has 0 bridgehead atoms. The van der Waals surface area contributed by atoms with Gasteiger partial charge in [0.15, 0.2) is 0 Å². The summed E-state index contributed by atoms with van der Waals surface area (Å²) >= 11 is 1.61. The Hall–Kier alpha value is -1.89. The van der Waals surface area contributed by atoms with Crippen molar-refractivity contribution in [3.8, 4) is 5.75 Å². The van der Waals surface area contributed by atoms with Gasteiger partial charge in [0, 0.05) is 24.9 Å². The third-order valence-electron chi connectivity index (χ3n) is 5.03. The predicted octanol–water partition coefficient (Wildman–Crippen LogP) is 5.10. The second-order valence-electron chi connectivity index (χ2n) is 8.14. The largest absolute Gasteiger partial charge is 0.461 e. The number of para-hydroxylation sites is 1. The van der Waals surface area contributed by atoms with Crippen LogP contribution in [0.25, 0.3) is 0 Å². The standard InChI is InChI=1S/C25H38N2O3S/c1-4-6-18-27(19-7-5-2)24(28)23-16-15-22(31-23)14-11-17-26-20-25(3,29)30-21-12-9-8-10-13-21/h8-10,12-13,15-16,26,29H,4-7,11,14,17-20H2,1-3H3/t25-/m1/s1. The monoisotopic (exact) mass is 446 g/mol. The Bertz CT molecular complexity index is 753. The molecule has 0 fully saturated rings. The Kier molecular flexibility index (Phi) is 11.1. The third kappa shape index (κ3) is 9.42. The number of aryl methyl sites for hydroxylation is 1. The quantitative estimate of drug-likeness (QED) is 0.295. The van der Waals surface area contributed by atoms with E-state index < -0.39 is 5.79 Å². The Balaban J connectivity index is 1.74. The molecule has 2 aromatic rings. The van der Waals surface area contributed by atoms with Crippen molar-refractivity contribution < 1.29 is 14.6 Å². The number of amides is 1. The zero-order chi connectivity index (χ0) is 22.5. The van der Waals surface area contributed by atoms with E-state index in [1.807, 2.05) is 41.3 Å². The van der Waals surface area contributed by atoms with E-state index in [0.717, 1.165) is 63.0 Å². The first-order valence-electron chi connectivity index (χ1n) is 11.5. The molecule has 0 unspecified atom stereocenters. The molecule has 0 aliphatic rings. The van der Waals surface area contributed by atoms with Crippen LogP contribution in [0.15, 0.2) is 42.5 Å². The number of carbonyl (C=O) groups is 1. The van der Waals surface area contributed by atoms with Gasteiger partial charge in [0.05, 0.1) is 11.4 Å². The van der Waals surface area contributed by atoms with Crippen LogP contribution in [0.3, 0.4) is 0 Å². The van der Waals surface area contributed by atoms with Crippen molar-refractivity contribution in [2.45, 2.75) is 65.1 Å². The van der Waals surface area contributed by atoms with E-state index in [-0.39, 0.29) is 5.91 Å². The fraction of sp³-hybridized carbons (Fsp3) is 0.560. The Morgan fingerprint density at radius 1 is 1.06 bits per heavy atom. The van der Waals surface area contributed by atoms with Gasteiger partial charge in [0.1, 0.15) is 5.75 Å². The van der Waals surface area contributed by atoms with Crippen molar-refractivity contribution in [1.82, 2.24) is 10.2 Å². The number of hydrogen-bond donors (Lipinski definition) is 2. The Morgan fingerprint density at radius 2 is 1.74 bits per heavy atom. The third-order valence-corrected chi connectivity index (χ3v) is 6.17. The Morgan fingerprint density at radius 3 is 2.39 bits per heavy atom. The van der Waals surface area contributed by atoms with Gasteiger partial charge >= 0.3 is 0 Å². The van der Waals surface area contributed by atoms with E-state index in [9.17, 15) is 9.90 Å². The number of unbranched alkanes of at least 4 members (excludes halogenated alkanes) is 2. The van der Waals surface area contributed by atoms with Gasteiger partial charge < -0.3 is 20.1 Å². The van der Waals surface area contributed by atoms with E-state index in [4.69, 9.17) is 4.74 Å². The first-order chi connectivity index (χ1) is 14.9. The van der Waals surface area contributed by atoms with Crippen molar-refractivity contribution in [3.63, 3.8) is 0 Å². The molecule has 0 saturated carbocycles. The molecule has 1 atom stereocenters. The van der Waals surface area contributed by atoms with Crippen molar-refractivity contribution in [3.05, 3.63) is 52.2 Å². The van der Waals surface area contributed by atoms with E-state index in [2.05, 4.69) is 25.2 Å². The second-order valence-corrected chi connectivity index (χ2v) is 9.30. The minimum absolute atomic E-state index is 0.172. The fourth-order valence-electron chi connectivity index (χ4n) is 3.28. The minimum Gasteiger partial charge on any atom is -0.461 e. The number of benzene rings is 1. The van der Waals surface area contributed by atoms with Crippen LogP contribution in [0.1, 0.15) is 67.4 Å². The van der Waals surface area contributed by atoms with E-state index >= 15 is 0 Å². The summed E-state index contributed by atoms with van der Waals surface area (Å²) in [5, 5.41) is 13.7. The highest BCUT2D eigenvalue weighted by Gasteiger charge is 2.21. The summed E-state index contributed by atoms with van der Waals surface area (Å²) < 4.78 is 5.63. The lowest BCUT2D eigenvalue weighted by Crippen LogP contribution is -2.43. The molecule has 0 saturated heterocycles. The van der Waals surface area contributed by atoms with Gasteiger partial charge in [-0.3, -0.25) is 4.79 Å². The van der Waals surface area contributed by atoms with E-state index in [1.165, 1.54) is 4.88 Å². The Labute approximate surface area is 191 Å². The van der Waals surface area contributed by atoms with Crippen LogP contribution in [0.2, 0.25) is 0 Å². The number of nitrogens with one attached hydrogen (secondary N) is 1. The molecule has 172 valence electrons. The average Bonchev–Trinajstić information content (AvgIpc) is 3.22. The summed E-state index contributed by atoms with van der Waals surface area (Å²) in [7, 11) is 0. The first kappa shape index (κ1) is 25.4. The van der Waals surface area contributed by atoms with Gasteiger partial charge in [-0.15, -0.1) is 11.3 Å². The van der Waals surface area contributed by atoms with Gasteiger partial charge in [-0.25, -0.2) is 0 Å². The van der Waals surface area contributed by atoms with E-state index in [1.54, 1.807) is 18.3 Å². The van der Waals surface area contributed by atoms with Gasteiger partial charge in [-0.2, -0.15) is 0 Å². The lowest BCUT2D eigenvalue weighted by molar-refractivity contribution is -0.117. The maximum absolute atomic E-state index is 12.9. The van der Waals surface area contributed by atoms with Crippen molar-refractivity contribution in [1.29, 1.82) is 0 Å². The smallest absolute Gasteiger partial charge is 0.263 e. The fourth-order valence-corrected chi connectivity index (χ4v) is 4.30. The molecule has 5 nitrogen and oxygen atoms in total. The molecule has 1 aromatic carbocycles. The van der Waals surface area contributed by atoms with Crippen LogP contribution >= 0.6 is 11.3 Å². The number of rotatable bonds is 15. The summed E-state index contributed by atoms with van der Waals surface area (Å²) in [6, 6.07) is 13.4. The van der Waals surface area contributed by atoms with Gasteiger partial charge in [-0.1, -0.05) is 44.9 Å². The molecule has 2 rings (SSSR count). The molecule has 0 radical (unpaired) electrons. The number of thiophene rings is 1. The number of nitrogens with zero attached hydrogens (tertiary/aromatic N) is 1. The topological polar surface area (TPSA) is 61.8 Å². The summed E-state index contributed by atoms with van der Waals surface area (Å²) in [6.45, 7) is 8.79. The predicted molar refractivity (Wildman–Crippen MR) is 129 cm³/mol. The van der Waals surface area contributed by atoms with Gasteiger partial charge in [-0.05, 0) is 56.5 Å². The highest BCUT2D eigenvalue weighted by atomic mass is 32.1. The zero-order valence-corrected chi connectivity index (χ0v) is 20.0. The molecule has 1 amide bonds. The van der Waals surface area contributed by atoms with Crippen LogP contribution in [0, 0.1) is 0 Å². The lowest BCUT2D eigenvalue weighted by Gasteiger charge is -2.25. The number of hydrogen-bond acceptors (Lipinski definition) is 5. The molecule has 1 aromatic heterocycles. The summed E-state index contributed by atoms with van der Waals surface area (Å²) in [5.74, 6) is -0.438. The van der Waals surface area contributed by atoms with Crippen molar-refractivity contribution in [2.24, 2.45) is 0 Å². The first-order valence-corrected chi connectivity index (χ1v) is 12.3. The van der Waals surface area contributed by atoms with Crippen LogP contribution in [-0.2, 0) is 6.42 Å². The molecular formula is C25H38N2O3S. The normalized spacial score (nSPS) is 13.0. The zero-order valence-electron chi connectivity index (χ0n) is 19.2. The molecule has 2 N–H and O–H groups in total. The van der Waals surface area contributed by atoms with Gasteiger partial charge in [0.25, 0.3) is 5.91 Å². The molecule has 0 aliphatic carbocycles. The van der Waals surface area contributed by atoms with Crippen LogP contribution in [-0.4, -0.2) is 47.9 Å². The number of carbonyl (C=O) groups excluding carboxylic acids is 1. The van der Waals surface area contributed by atoms with Crippen molar-refractivity contribution in [2.75, 3.05) is 26.2 Å². The van der Waals surface area contributed by atoms with Crippen LogP contribution in [0.5, 0.6) is 5.75 Å². The maximum Gasteiger partial charge on any atom is 0.263 e. The summed E-state index contributed by atoms with van der Waals surface area (Å²) in [5.41, 5.74) is 0. The van der Waals surface area contributed by atoms with Crippen LogP contribution < -0.4 is 10.1 Å². The second kappa shape index (κ2) is 13.5. The lowest BCUT2D eigenvalue weighted by atomic mass is 10.2. The minimum atomic E-state index is -1.26. The van der Waals surface area contributed by atoms with Gasteiger partial charge in [0.2, 0.25) is 5.79 Å². The SMILES string of the molecule is CCCCN(CCCC)C(=O)c1ccc(CCCNC[C@](C)(O)Oc2ccccc2)s1. The van der Waals surface area contributed by atoms with Crippen LogP contribution in [0.4, 0.5) is 0 Å². The number of ether oxygens (including phenoxy) is 1. The molecule has 31 heavy (non-hydrogen) atoms. The highest BCUT2D eigenvalue weighted by Crippen LogP contribution is 2.21. The highest BCUT2D eigenvalue weighted by molar-refractivity contribution is 7.14. The maximum atomic E-state index is 12.9. The molecule has 6 heteroatoms. The van der Waals surface area contributed by atoms with Crippen molar-refractivity contribution >= 4 is 17.2 Å². The summed E-state index contributed by atoms with van der Waals surface area (Å²) in [6.07, 6.45) is 6.15. The molecular weight excluding hydrogens is 408 g/mol. The summed E-state index contributed by atoms with van der Waals surface area (Å²) in [4.78, 5) is 17.0. The van der Waals surface area contributed by atoms with E-state index in [0.29, 0.717) is 12.3 Å².